The molecule has 1 aliphatic carbocycles. The normalized spacial score (nSPS) is 41.6. The van der Waals surface area contributed by atoms with Crippen LogP contribution in [0, 0.1) is 11.8 Å². The zero-order chi connectivity index (χ0) is 11.3. The SMILES string of the molecule is O=C(C1CCC1)C1CC2CCC(C1)S2(=O)=O. The number of hydrogen-bond acceptors (Lipinski definition) is 3. The zero-order valence-corrected chi connectivity index (χ0v) is 10.2. The Kier molecular flexibility index (Phi) is 2.39. The quantitative estimate of drug-likeness (QED) is 0.740. The van der Waals surface area contributed by atoms with Crippen LogP contribution in [0.15, 0.2) is 0 Å². The Morgan fingerprint density at radius 2 is 1.44 bits per heavy atom. The van der Waals surface area contributed by atoms with Crippen molar-refractivity contribution in [3.05, 3.63) is 0 Å². The van der Waals surface area contributed by atoms with Gasteiger partial charge in [-0.1, -0.05) is 6.42 Å². The van der Waals surface area contributed by atoms with Crippen LogP contribution < -0.4 is 0 Å². The third-order valence-electron chi connectivity index (χ3n) is 4.74. The van der Waals surface area contributed by atoms with E-state index in [4.69, 9.17) is 0 Å². The maximum atomic E-state index is 12.1. The maximum absolute atomic E-state index is 12.1. The molecule has 2 bridgehead atoms. The molecule has 3 rings (SSSR count). The number of carbonyl (C=O) groups excluding carboxylic acids is 1. The first-order chi connectivity index (χ1) is 7.59. The van der Waals surface area contributed by atoms with Crippen LogP contribution in [0.25, 0.3) is 0 Å². The van der Waals surface area contributed by atoms with Gasteiger partial charge in [-0.2, -0.15) is 0 Å². The lowest BCUT2D eigenvalue weighted by Crippen LogP contribution is -2.39. The van der Waals surface area contributed by atoms with Crippen LogP contribution in [-0.4, -0.2) is 24.7 Å². The van der Waals surface area contributed by atoms with Gasteiger partial charge in [-0.05, 0) is 38.5 Å². The van der Waals surface area contributed by atoms with Crippen LogP contribution in [0.5, 0.6) is 0 Å². The minimum absolute atomic E-state index is 0.0614. The van der Waals surface area contributed by atoms with Gasteiger partial charge in [-0.3, -0.25) is 4.79 Å². The predicted molar refractivity (Wildman–Crippen MR) is 60.8 cm³/mol. The Morgan fingerprint density at radius 1 is 0.875 bits per heavy atom. The second-order valence-corrected chi connectivity index (χ2v) is 8.12. The monoisotopic (exact) mass is 242 g/mol. The Bertz CT molecular complexity index is 388. The zero-order valence-electron chi connectivity index (χ0n) is 9.39. The van der Waals surface area contributed by atoms with E-state index in [0.717, 1.165) is 25.7 Å². The molecule has 3 aliphatic rings. The molecule has 0 N–H and O–H groups in total. The van der Waals surface area contributed by atoms with Gasteiger partial charge in [0.05, 0.1) is 10.5 Å². The van der Waals surface area contributed by atoms with E-state index >= 15 is 0 Å². The molecule has 2 atom stereocenters. The first-order valence-electron chi connectivity index (χ1n) is 6.35. The lowest BCUT2D eigenvalue weighted by atomic mass is 9.76. The molecule has 0 amide bonds. The van der Waals surface area contributed by atoms with Crippen molar-refractivity contribution in [2.45, 2.75) is 55.4 Å². The molecule has 0 aromatic heterocycles. The molecule has 0 radical (unpaired) electrons. The molecule has 0 aromatic carbocycles. The van der Waals surface area contributed by atoms with Crippen molar-refractivity contribution in [3.8, 4) is 0 Å². The summed E-state index contributed by atoms with van der Waals surface area (Å²) in [6.45, 7) is 0. The summed E-state index contributed by atoms with van der Waals surface area (Å²) in [5.74, 6) is 0.703. The highest BCUT2D eigenvalue weighted by Gasteiger charge is 2.49. The number of carbonyl (C=O) groups is 1. The Morgan fingerprint density at radius 3 is 1.88 bits per heavy atom. The second-order valence-electron chi connectivity index (χ2n) is 5.61. The van der Waals surface area contributed by atoms with E-state index in [1.54, 1.807) is 0 Å². The highest BCUT2D eigenvalue weighted by atomic mass is 32.2. The van der Waals surface area contributed by atoms with Crippen molar-refractivity contribution in [1.82, 2.24) is 0 Å². The van der Waals surface area contributed by atoms with Gasteiger partial charge in [0.15, 0.2) is 9.84 Å². The van der Waals surface area contributed by atoms with Gasteiger partial charge in [0, 0.05) is 11.8 Å². The van der Waals surface area contributed by atoms with Crippen molar-refractivity contribution in [3.63, 3.8) is 0 Å². The third kappa shape index (κ3) is 1.45. The Labute approximate surface area is 96.5 Å². The average Bonchev–Trinajstić information content (AvgIpc) is 2.38. The molecule has 0 aromatic rings. The van der Waals surface area contributed by atoms with Gasteiger partial charge in [0.1, 0.15) is 5.78 Å². The van der Waals surface area contributed by atoms with Gasteiger partial charge in [-0.25, -0.2) is 8.42 Å². The van der Waals surface area contributed by atoms with E-state index in [9.17, 15) is 13.2 Å². The highest BCUT2D eigenvalue weighted by molar-refractivity contribution is 7.93. The summed E-state index contributed by atoms with van der Waals surface area (Å²) in [6, 6.07) is 0. The minimum atomic E-state index is -2.86. The standard InChI is InChI=1S/C12H18O3S/c13-12(8-2-1-3-8)9-6-10-4-5-11(7-9)16(10,14)15/h8-11H,1-7H2. The van der Waals surface area contributed by atoms with E-state index in [1.165, 1.54) is 6.42 Å². The Hall–Kier alpha value is -0.380. The van der Waals surface area contributed by atoms with Crippen LogP contribution in [0.3, 0.4) is 0 Å². The summed E-state index contributed by atoms with van der Waals surface area (Å²) in [7, 11) is -2.86. The number of rotatable bonds is 2. The van der Waals surface area contributed by atoms with Gasteiger partial charge < -0.3 is 0 Å². The van der Waals surface area contributed by atoms with Crippen molar-refractivity contribution in [1.29, 1.82) is 0 Å². The van der Waals surface area contributed by atoms with E-state index in [0.29, 0.717) is 18.6 Å². The van der Waals surface area contributed by atoms with Crippen molar-refractivity contribution < 1.29 is 13.2 Å². The average molecular weight is 242 g/mol. The molecule has 2 saturated heterocycles. The van der Waals surface area contributed by atoms with Crippen LogP contribution in [-0.2, 0) is 14.6 Å². The summed E-state index contributed by atoms with van der Waals surface area (Å²) in [4.78, 5) is 12.1. The molecule has 16 heavy (non-hydrogen) atoms. The molecule has 90 valence electrons. The highest BCUT2D eigenvalue weighted by Crippen LogP contribution is 2.43. The van der Waals surface area contributed by atoms with Crippen LogP contribution in [0.1, 0.15) is 44.9 Å². The van der Waals surface area contributed by atoms with Crippen molar-refractivity contribution in [2.24, 2.45) is 11.8 Å². The van der Waals surface area contributed by atoms with Gasteiger partial charge in [0.25, 0.3) is 0 Å². The van der Waals surface area contributed by atoms with E-state index in [2.05, 4.69) is 0 Å². The topological polar surface area (TPSA) is 51.2 Å². The number of ketones is 1. The van der Waals surface area contributed by atoms with Crippen molar-refractivity contribution >= 4 is 15.6 Å². The fraction of sp³-hybridized carbons (Fsp3) is 0.917. The summed E-state index contributed by atoms with van der Waals surface area (Å²) in [5.41, 5.74) is 0. The van der Waals surface area contributed by atoms with Crippen LogP contribution >= 0.6 is 0 Å². The van der Waals surface area contributed by atoms with Gasteiger partial charge >= 0.3 is 0 Å². The third-order valence-corrected chi connectivity index (χ3v) is 7.46. The molecule has 3 nitrogen and oxygen atoms in total. The fourth-order valence-electron chi connectivity index (χ4n) is 3.47. The lowest BCUT2D eigenvalue weighted by Gasteiger charge is -2.32. The van der Waals surface area contributed by atoms with E-state index in [-0.39, 0.29) is 22.3 Å². The van der Waals surface area contributed by atoms with Gasteiger partial charge in [0.2, 0.25) is 0 Å². The minimum Gasteiger partial charge on any atom is -0.299 e. The largest absolute Gasteiger partial charge is 0.299 e. The summed E-state index contributed by atoms with van der Waals surface area (Å²) < 4.78 is 23.8. The summed E-state index contributed by atoms with van der Waals surface area (Å²) >= 11 is 0. The van der Waals surface area contributed by atoms with E-state index in [1.807, 2.05) is 0 Å². The smallest absolute Gasteiger partial charge is 0.156 e. The first kappa shape index (κ1) is 10.8. The van der Waals surface area contributed by atoms with Crippen LogP contribution in [0.2, 0.25) is 0 Å². The summed E-state index contributed by atoms with van der Waals surface area (Å²) in [5, 5.41) is -0.388. The Balaban J connectivity index is 1.75. The number of fused-ring (bicyclic) bond motifs is 2. The molecule has 1 saturated carbocycles. The van der Waals surface area contributed by atoms with Crippen molar-refractivity contribution in [2.75, 3.05) is 0 Å². The maximum Gasteiger partial charge on any atom is 0.156 e. The lowest BCUT2D eigenvalue weighted by molar-refractivity contribution is -0.129. The molecule has 0 spiro atoms. The number of Topliss-reactive ketones (excluding diaryl/α,β-unsaturated/α-hetero) is 1. The first-order valence-corrected chi connectivity index (χ1v) is 7.96. The number of sulfone groups is 1. The molecular formula is C12H18O3S. The predicted octanol–water partition coefficient (Wildman–Crippen LogP) is 1.71. The molecule has 3 fully saturated rings. The van der Waals surface area contributed by atoms with E-state index < -0.39 is 9.84 Å². The second kappa shape index (κ2) is 3.56. The molecule has 2 aliphatic heterocycles. The molecule has 2 heterocycles. The molecule has 2 unspecified atom stereocenters. The van der Waals surface area contributed by atoms with Crippen LogP contribution in [0.4, 0.5) is 0 Å². The number of hydrogen-bond donors (Lipinski definition) is 0. The molecular weight excluding hydrogens is 224 g/mol. The summed E-state index contributed by atoms with van der Waals surface area (Å²) in [6.07, 6.45) is 6.08. The van der Waals surface area contributed by atoms with Gasteiger partial charge in [-0.15, -0.1) is 0 Å². The fourth-order valence-corrected chi connectivity index (χ4v) is 5.94. The molecule has 4 heteroatoms.